The van der Waals surface area contributed by atoms with Gasteiger partial charge in [-0.2, -0.15) is 0 Å². The topological polar surface area (TPSA) is 118 Å². The van der Waals surface area contributed by atoms with E-state index in [1.807, 2.05) is 0 Å². The van der Waals surface area contributed by atoms with E-state index in [0.717, 1.165) is 6.42 Å². The number of carbonyl (C=O) groups excluding carboxylic acids is 2. The quantitative estimate of drug-likeness (QED) is 0.402. The van der Waals surface area contributed by atoms with Crippen LogP contribution in [0.4, 0.5) is 10.5 Å². The highest BCUT2D eigenvalue weighted by molar-refractivity contribution is 7.93. The van der Waals surface area contributed by atoms with Crippen LogP contribution in [-0.4, -0.2) is 75.1 Å². The molecule has 0 atom stereocenters. The molecule has 1 aliphatic heterocycles. The second-order valence-electron chi connectivity index (χ2n) is 10.5. The Balaban J connectivity index is 1.18. The van der Waals surface area contributed by atoms with Gasteiger partial charge in [0.15, 0.2) is 0 Å². The van der Waals surface area contributed by atoms with Gasteiger partial charge in [0.05, 0.1) is 24.9 Å². The summed E-state index contributed by atoms with van der Waals surface area (Å²) in [4.78, 5) is 33.4. The number of benzene rings is 2. The number of nitrogens with zero attached hydrogens (tertiary/aromatic N) is 3. The molecule has 5 rings (SSSR count). The maximum absolute atomic E-state index is 13.3. The lowest BCUT2D eigenvalue weighted by atomic mass is 9.87. The number of methoxy groups -OCH3 is 1. The van der Waals surface area contributed by atoms with Crippen molar-refractivity contribution in [2.75, 3.05) is 44.6 Å². The van der Waals surface area contributed by atoms with Gasteiger partial charge in [0.2, 0.25) is 0 Å². The molecule has 10 nitrogen and oxygen atoms in total. The third-order valence-electron chi connectivity index (χ3n) is 7.88. The van der Waals surface area contributed by atoms with Gasteiger partial charge in [-0.05, 0) is 42.7 Å². The number of hydrogen-bond acceptors (Lipinski definition) is 7. The Labute approximate surface area is 240 Å². The third kappa shape index (κ3) is 6.73. The number of anilines is 1. The zero-order chi connectivity index (χ0) is 28.8. The van der Waals surface area contributed by atoms with Gasteiger partial charge in [0.25, 0.3) is 15.9 Å². The Morgan fingerprint density at radius 3 is 2.46 bits per heavy atom. The first-order chi connectivity index (χ1) is 19.9. The van der Waals surface area contributed by atoms with Gasteiger partial charge in [-0.25, -0.2) is 13.2 Å². The predicted molar refractivity (Wildman–Crippen MR) is 156 cm³/mol. The standard InChI is InChI=1S/C30H36N4O6S/c1-39-26-21-24(12-13-25(26)32-41(37,38)27-11-5-9-23-10-6-15-31-28(23)27)29(35)33-16-18-34(19-17-33)30(36)40-20-14-22-7-3-2-4-8-22/h5-6,9-13,15,21-22,32H,2-4,7-8,14,16-20H2,1H3. The Hall–Kier alpha value is -3.86. The molecule has 2 aromatic carbocycles. The molecule has 1 aliphatic carbocycles. The number of rotatable bonds is 8. The van der Waals surface area contributed by atoms with E-state index in [4.69, 9.17) is 9.47 Å². The van der Waals surface area contributed by atoms with E-state index in [1.54, 1.807) is 46.3 Å². The van der Waals surface area contributed by atoms with Gasteiger partial charge in [-0.15, -0.1) is 0 Å². The van der Waals surface area contributed by atoms with E-state index < -0.39 is 10.0 Å². The van der Waals surface area contributed by atoms with Gasteiger partial charge < -0.3 is 19.3 Å². The van der Waals surface area contributed by atoms with Crippen LogP contribution in [0, 0.1) is 5.92 Å². The highest BCUT2D eigenvalue weighted by atomic mass is 32.2. The molecule has 0 spiro atoms. The van der Waals surface area contributed by atoms with Crippen molar-refractivity contribution >= 4 is 38.6 Å². The van der Waals surface area contributed by atoms with Crippen LogP contribution < -0.4 is 9.46 Å². The summed E-state index contributed by atoms with van der Waals surface area (Å²) >= 11 is 0. The van der Waals surface area contributed by atoms with Gasteiger partial charge in [0.1, 0.15) is 10.6 Å². The summed E-state index contributed by atoms with van der Waals surface area (Å²) in [6.07, 6.45) is 8.41. The number of para-hydroxylation sites is 1. The van der Waals surface area contributed by atoms with Crippen molar-refractivity contribution in [1.29, 1.82) is 0 Å². The molecule has 3 aromatic rings. The molecular formula is C30H36N4O6S. The largest absolute Gasteiger partial charge is 0.495 e. The molecule has 0 unspecified atom stereocenters. The Bertz CT molecular complexity index is 1490. The number of ether oxygens (including phenoxy) is 2. The Kier molecular flexibility index (Phi) is 8.92. The Morgan fingerprint density at radius 2 is 1.71 bits per heavy atom. The summed E-state index contributed by atoms with van der Waals surface area (Å²) in [5, 5.41) is 0.705. The van der Waals surface area contributed by atoms with Crippen molar-refractivity contribution in [2.24, 2.45) is 5.92 Å². The van der Waals surface area contributed by atoms with E-state index in [2.05, 4.69) is 9.71 Å². The van der Waals surface area contributed by atoms with Crippen LogP contribution >= 0.6 is 0 Å². The third-order valence-corrected chi connectivity index (χ3v) is 9.28. The van der Waals surface area contributed by atoms with Gasteiger partial charge >= 0.3 is 6.09 Å². The monoisotopic (exact) mass is 580 g/mol. The molecule has 2 heterocycles. The first-order valence-corrected chi connectivity index (χ1v) is 15.6. The Morgan fingerprint density at radius 1 is 0.976 bits per heavy atom. The molecule has 218 valence electrons. The first kappa shape index (κ1) is 28.7. The van der Waals surface area contributed by atoms with E-state index >= 15 is 0 Å². The molecule has 0 radical (unpaired) electrons. The fourth-order valence-electron chi connectivity index (χ4n) is 5.56. The number of pyridine rings is 1. The lowest BCUT2D eigenvalue weighted by molar-refractivity contribution is 0.0543. The minimum absolute atomic E-state index is 0.0446. The summed E-state index contributed by atoms with van der Waals surface area (Å²) in [5.41, 5.74) is 0.929. The molecule has 2 amide bonds. The van der Waals surface area contributed by atoms with Crippen molar-refractivity contribution in [2.45, 2.75) is 43.4 Å². The van der Waals surface area contributed by atoms with Crippen molar-refractivity contribution < 1.29 is 27.5 Å². The number of aromatic nitrogens is 1. The molecule has 1 saturated heterocycles. The minimum Gasteiger partial charge on any atom is -0.495 e. The molecule has 1 saturated carbocycles. The van der Waals surface area contributed by atoms with Crippen molar-refractivity contribution in [3.63, 3.8) is 0 Å². The normalized spacial score (nSPS) is 16.4. The molecule has 2 aliphatic rings. The number of carbonyl (C=O) groups is 2. The van der Waals surface area contributed by atoms with E-state index in [9.17, 15) is 18.0 Å². The molecule has 1 aromatic heterocycles. The molecule has 11 heteroatoms. The lowest BCUT2D eigenvalue weighted by Gasteiger charge is -2.34. The fourth-order valence-corrected chi connectivity index (χ4v) is 6.81. The zero-order valence-corrected chi connectivity index (χ0v) is 24.1. The second kappa shape index (κ2) is 12.8. The maximum Gasteiger partial charge on any atom is 0.409 e. The minimum atomic E-state index is -3.99. The van der Waals surface area contributed by atoms with Crippen LogP contribution in [0.2, 0.25) is 0 Å². The number of nitrogens with one attached hydrogen (secondary N) is 1. The van der Waals surface area contributed by atoms with Crippen molar-refractivity contribution in [3.05, 3.63) is 60.3 Å². The van der Waals surface area contributed by atoms with Crippen molar-refractivity contribution in [1.82, 2.24) is 14.8 Å². The summed E-state index contributed by atoms with van der Waals surface area (Å²) in [7, 11) is -2.57. The number of amides is 2. The number of piperazine rings is 1. The van der Waals surface area contributed by atoms with Gasteiger partial charge in [-0.3, -0.25) is 14.5 Å². The molecule has 2 fully saturated rings. The van der Waals surface area contributed by atoms with Gasteiger partial charge in [-0.1, -0.05) is 50.3 Å². The van der Waals surface area contributed by atoms with Crippen LogP contribution in [0.5, 0.6) is 5.75 Å². The average Bonchev–Trinajstić information content (AvgIpc) is 3.01. The average molecular weight is 581 g/mol. The SMILES string of the molecule is COc1cc(C(=O)N2CCN(C(=O)OCCC3CCCCC3)CC2)ccc1NS(=O)(=O)c1cccc2cccnc12. The summed E-state index contributed by atoms with van der Waals surface area (Å²) < 4.78 is 40.0. The highest BCUT2D eigenvalue weighted by Crippen LogP contribution is 2.30. The molecule has 41 heavy (non-hydrogen) atoms. The van der Waals surface area contributed by atoms with E-state index in [1.165, 1.54) is 57.4 Å². The number of hydrogen-bond donors (Lipinski definition) is 1. The predicted octanol–water partition coefficient (Wildman–Crippen LogP) is 4.91. The summed E-state index contributed by atoms with van der Waals surface area (Å²) in [5.74, 6) is 0.647. The second-order valence-corrected chi connectivity index (χ2v) is 12.2. The van der Waals surface area contributed by atoms with Crippen molar-refractivity contribution in [3.8, 4) is 5.75 Å². The van der Waals surface area contributed by atoms with E-state index in [-0.39, 0.29) is 28.3 Å². The van der Waals surface area contributed by atoms with Crippen LogP contribution in [0.3, 0.4) is 0 Å². The number of fused-ring (bicyclic) bond motifs is 1. The van der Waals surface area contributed by atoms with Crippen LogP contribution in [0.1, 0.15) is 48.9 Å². The summed E-state index contributed by atoms with van der Waals surface area (Å²) in [6, 6.07) is 13.1. The van der Waals surface area contributed by atoms with Gasteiger partial charge in [0, 0.05) is 43.3 Å². The molecular weight excluding hydrogens is 544 g/mol. The van der Waals surface area contributed by atoms with Crippen LogP contribution in [0.25, 0.3) is 10.9 Å². The molecule has 0 bridgehead atoms. The maximum atomic E-state index is 13.3. The van der Waals surface area contributed by atoms with Crippen LogP contribution in [0.15, 0.2) is 59.6 Å². The first-order valence-electron chi connectivity index (χ1n) is 14.1. The highest BCUT2D eigenvalue weighted by Gasteiger charge is 2.27. The zero-order valence-electron chi connectivity index (χ0n) is 23.3. The van der Waals surface area contributed by atoms with E-state index in [0.29, 0.717) is 55.2 Å². The summed E-state index contributed by atoms with van der Waals surface area (Å²) in [6.45, 7) is 1.97. The number of sulfonamides is 1. The van der Waals surface area contributed by atoms with Crippen LogP contribution in [-0.2, 0) is 14.8 Å². The smallest absolute Gasteiger partial charge is 0.409 e. The lowest BCUT2D eigenvalue weighted by Crippen LogP contribution is -2.50. The fraction of sp³-hybridized carbons (Fsp3) is 0.433. The molecule has 1 N–H and O–H groups in total.